The Morgan fingerprint density at radius 3 is 2.89 bits per heavy atom. The van der Waals surface area contributed by atoms with E-state index >= 15 is 0 Å². The lowest BCUT2D eigenvalue weighted by atomic mass is 10.1. The molecule has 98 valence electrons. The number of hydrogen-bond donors (Lipinski definition) is 0. The van der Waals surface area contributed by atoms with E-state index in [0.29, 0.717) is 23.1 Å². The van der Waals surface area contributed by atoms with Crippen LogP contribution in [0, 0.1) is 11.3 Å². The molecule has 2 aromatic rings. The molecule has 19 heavy (non-hydrogen) atoms. The maximum atomic E-state index is 8.88. The highest BCUT2D eigenvalue weighted by Gasteiger charge is 2.12. The van der Waals surface area contributed by atoms with Gasteiger partial charge in [-0.2, -0.15) is 5.26 Å². The minimum absolute atomic E-state index is 0.369. The Morgan fingerprint density at radius 1 is 1.47 bits per heavy atom. The third-order valence-electron chi connectivity index (χ3n) is 2.56. The topological polar surface area (TPSA) is 39.9 Å². The van der Waals surface area contributed by atoms with Gasteiger partial charge in [-0.15, -0.1) is 11.6 Å². The molecule has 0 aliphatic rings. The molecule has 0 aliphatic heterocycles. The Kier molecular flexibility index (Phi) is 4.65. The lowest BCUT2D eigenvalue weighted by molar-refractivity contribution is 0.914. The first-order chi connectivity index (χ1) is 9.13. The summed E-state index contributed by atoms with van der Waals surface area (Å²) in [5.41, 5.74) is 1.71. The van der Waals surface area contributed by atoms with Crippen LogP contribution in [0.1, 0.15) is 16.0 Å². The summed E-state index contributed by atoms with van der Waals surface area (Å²) in [6.07, 6.45) is 0. The van der Waals surface area contributed by atoms with Gasteiger partial charge in [0.15, 0.2) is 5.13 Å². The van der Waals surface area contributed by atoms with E-state index in [4.69, 9.17) is 28.5 Å². The molecule has 0 aliphatic carbocycles. The number of rotatable bonds is 4. The lowest BCUT2D eigenvalue weighted by Gasteiger charge is -2.15. The van der Waals surface area contributed by atoms with Gasteiger partial charge in [0.1, 0.15) is 5.15 Å². The van der Waals surface area contributed by atoms with Gasteiger partial charge in [-0.1, -0.05) is 35.1 Å². The zero-order chi connectivity index (χ0) is 13.8. The third-order valence-corrected chi connectivity index (χ3v) is 4.58. The second-order valence-electron chi connectivity index (χ2n) is 4.01. The van der Waals surface area contributed by atoms with Gasteiger partial charge in [-0.3, -0.25) is 0 Å². The molecule has 0 amide bonds. The van der Waals surface area contributed by atoms with Crippen LogP contribution in [0.4, 0.5) is 5.13 Å². The Labute approximate surface area is 126 Å². The number of alkyl halides is 1. The highest BCUT2D eigenvalue weighted by atomic mass is 35.5. The second-order valence-corrected chi connectivity index (χ2v) is 5.70. The third kappa shape index (κ3) is 3.38. The first-order valence-electron chi connectivity index (χ1n) is 5.55. The predicted octanol–water partition coefficient (Wildman–Crippen LogP) is 4.04. The van der Waals surface area contributed by atoms with Crippen LogP contribution in [-0.2, 0) is 12.4 Å². The van der Waals surface area contributed by atoms with Crippen molar-refractivity contribution in [2.75, 3.05) is 11.9 Å². The minimum Gasteiger partial charge on any atom is -0.347 e. The van der Waals surface area contributed by atoms with Gasteiger partial charge in [-0.25, -0.2) is 4.98 Å². The smallest absolute Gasteiger partial charge is 0.187 e. The summed E-state index contributed by atoms with van der Waals surface area (Å²) in [6.45, 7) is 0.668. The molecule has 0 bridgehead atoms. The molecule has 0 N–H and O–H groups in total. The van der Waals surface area contributed by atoms with Crippen molar-refractivity contribution in [2.45, 2.75) is 12.4 Å². The molecular formula is C13H11Cl2N3S. The Balaban J connectivity index is 2.15. The predicted molar refractivity (Wildman–Crippen MR) is 79.9 cm³/mol. The number of hydrogen-bond acceptors (Lipinski definition) is 4. The van der Waals surface area contributed by atoms with Gasteiger partial charge in [0, 0.05) is 13.6 Å². The quantitative estimate of drug-likeness (QED) is 0.800. The highest BCUT2D eigenvalue weighted by molar-refractivity contribution is 7.16. The molecule has 0 spiro atoms. The van der Waals surface area contributed by atoms with Crippen LogP contribution >= 0.6 is 34.5 Å². The van der Waals surface area contributed by atoms with Crippen molar-refractivity contribution in [1.29, 1.82) is 5.26 Å². The van der Waals surface area contributed by atoms with E-state index in [9.17, 15) is 0 Å². The maximum absolute atomic E-state index is 8.88. The van der Waals surface area contributed by atoms with Gasteiger partial charge in [0.05, 0.1) is 22.4 Å². The lowest BCUT2D eigenvalue weighted by Crippen LogP contribution is -2.16. The number of benzene rings is 1. The molecule has 2 rings (SSSR count). The molecular weight excluding hydrogens is 301 g/mol. The Bertz CT molecular complexity index is 619. The van der Waals surface area contributed by atoms with Gasteiger partial charge in [0.2, 0.25) is 0 Å². The first-order valence-corrected chi connectivity index (χ1v) is 7.28. The molecule has 0 saturated heterocycles. The van der Waals surface area contributed by atoms with Crippen LogP contribution in [0.3, 0.4) is 0 Å². The summed E-state index contributed by atoms with van der Waals surface area (Å²) < 4.78 is 0. The van der Waals surface area contributed by atoms with Crippen molar-refractivity contribution in [3.8, 4) is 6.07 Å². The SMILES string of the molecule is CN(Cc1cccc(C#N)c1)c1nc(Cl)c(CCl)s1. The van der Waals surface area contributed by atoms with E-state index in [0.717, 1.165) is 15.6 Å². The molecule has 6 heteroatoms. The normalized spacial score (nSPS) is 10.2. The van der Waals surface area contributed by atoms with Crippen molar-refractivity contribution in [3.05, 3.63) is 45.4 Å². The van der Waals surface area contributed by atoms with E-state index in [2.05, 4.69) is 11.1 Å². The standard InChI is InChI=1S/C13H11Cl2N3S/c1-18(13-17-12(15)11(6-14)19-13)8-10-4-2-3-9(5-10)7-16/h2-5H,6,8H2,1H3. The van der Waals surface area contributed by atoms with Crippen LogP contribution in [-0.4, -0.2) is 12.0 Å². The van der Waals surface area contributed by atoms with Crippen LogP contribution in [0.25, 0.3) is 0 Å². The fourth-order valence-corrected chi connectivity index (χ4v) is 3.08. The number of aromatic nitrogens is 1. The maximum Gasteiger partial charge on any atom is 0.187 e. The molecule has 0 unspecified atom stereocenters. The van der Waals surface area contributed by atoms with Crippen molar-refractivity contribution in [1.82, 2.24) is 4.98 Å². The zero-order valence-corrected chi connectivity index (χ0v) is 12.6. The van der Waals surface area contributed by atoms with E-state index in [-0.39, 0.29) is 0 Å². The average molecular weight is 312 g/mol. The van der Waals surface area contributed by atoms with E-state index in [1.165, 1.54) is 11.3 Å². The van der Waals surface area contributed by atoms with Crippen molar-refractivity contribution < 1.29 is 0 Å². The van der Waals surface area contributed by atoms with E-state index in [1.807, 2.05) is 30.1 Å². The van der Waals surface area contributed by atoms with Gasteiger partial charge in [0.25, 0.3) is 0 Å². The van der Waals surface area contributed by atoms with Crippen LogP contribution in [0.5, 0.6) is 0 Å². The first kappa shape index (κ1) is 14.1. The van der Waals surface area contributed by atoms with E-state index < -0.39 is 0 Å². The van der Waals surface area contributed by atoms with Crippen LogP contribution in [0.2, 0.25) is 5.15 Å². The van der Waals surface area contributed by atoms with Gasteiger partial charge in [-0.05, 0) is 17.7 Å². The van der Waals surface area contributed by atoms with Gasteiger partial charge >= 0.3 is 0 Å². The summed E-state index contributed by atoms with van der Waals surface area (Å²) in [5, 5.41) is 10.2. The summed E-state index contributed by atoms with van der Waals surface area (Å²) in [5.74, 6) is 0.369. The second kappa shape index (κ2) is 6.25. The largest absolute Gasteiger partial charge is 0.347 e. The number of nitrogens with zero attached hydrogens (tertiary/aromatic N) is 3. The Hall–Kier alpha value is -1.28. The molecule has 1 aromatic carbocycles. The summed E-state index contributed by atoms with van der Waals surface area (Å²) in [4.78, 5) is 7.14. The monoisotopic (exact) mass is 311 g/mol. The van der Waals surface area contributed by atoms with Crippen LogP contribution < -0.4 is 4.90 Å². The summed E-state index contributed by atoms with van der Waals surface area (Å²) in [6, 6.07) is 9.65. The highest BCUT2D eigenvalue weighted by Crippen LogP contribution is 2.30. The van der Waals surface area contributed by atoms with Crippen molar-refractivity contribution >= 4 is 39.7 Å². The molecule has 0 radical (unpaired) electrons. The number of anilines is 1. The zero-order valence-electron chi connectivity index (χ0n) is 10.2. The number of halogens is 2. The van der Waals surface area contributed by atoms with Crippen molar-refractivity contribution in [2.24, 2.45) is 0 Å². The molecule has 0 saturated carbocycles. The molecule has 0 fully saturated rings. The summed E-state index contributed by atoms with van der Waals surface area (Å²) >= 11 is 13.2. The molecule has 0 atom stereocenters. The molecule has 1 aromatic heterocycles. The minimum atomic E-state index is 0.369. The van der Waals surface area contributed by atoms with E-state index in [1.54, 1.807) is 6.07 Å². The van der Waals surface area contributed by atoms with Crippen LogP contribution in [0.15, 0.2) is 24.3 Å². The van der Waals surface area contributed by atoms with Crippen molar-refractivity contribution in [3.63, 3.8) is 0 Å². The fourth-order valence-electron chi connectivity index (χ4n) is 1.65. The molecule has 3 nitrogen and oxygen atoms in total. The number of thiazole rings is 1. The fraction of sp³-hybridized carbons (Fsp3) is 0.231. The Morgan fingerprint density at radius 2 is 2.26 bits per heavy atom. The van der Waals surface area contributed by atoms with Gasteiger partial charge < -0.3 is 4.90 Å². The summed E-state index contributed by atoms with van der Waals surface area (Å²) in [7, 11) is 1.94. The molecule has 1 heterocycles. The average Bonchev–Trinajstić information content (AvgIpc) is 2.80. The number of nitriles is 1.